The van der Waals surface area contributed by atoms with Crippen LogP contribution in [-0.4, -0.2) is 31.7 Å². The lowest BCUT2D eigenvalue weighted by molar-refractivity contribution is -0.133. The maximum Gasteiger partial charge on any atom is 0.308 e. The number of benzene rings is 2. The fraction of sp³-hybridized carbons (Fsp3) is 0.357. The molecule has 0 bridgehead atoms. The number of carbonyl (C=O) groups is 2. The SMILES string of the molecule is CC(=O)Oc1ccc(OC(C)=O)c2c1CCC(CCCSC(=S)c1c(C)[nH]n(-c3ccccc3)c1=O)C2. The van der Waals surface area contributed by atoms with Crippen molar-refractivity contribution >= 4 is 40.1 Å². The van der Waals surface area contributed by atoms with Crippen LogP contribution in [-0.2, 0) is 22.4 Å². The molecule has 0 saturated heterocycles. The molecule has 1 aromatic heterocycles. The van der Waals surface area contributed by atoms with E-state index >= 15 is 0 Å². The first-order valence-corrected chi connectivity index (χ1v) is 13.7. The number of carbonyl (C=O) groups excluding carboxylic acids is 2. The molecule has 9 heteroatoms. The molecule has 1 atom stereocenters. The van der Waals surface area contributed by atoms with Crippen molar-refractivity contribution in [3.63, 3.8) is 0 Å². The molecule has 194 valence electrons. The topological polar surface area (TPSA) is 90.4 Å². The molecule has 3 aromatic rings. The van der Waals surface area contributed by atoms with Gasteiger partial charge in [-0.05, 0) is 75.0 Å². The van der Waals surface area contributed by atoms with Crippen LogP contribution in [0.2, 0.25) is 0 Å². The fourth-order valence-electron chi connectivity index (χ4n) is 4.79. The number of rotatable bonds is 8. The second-order valence-electron chi connectivity index (χ2n) is 9.18. The predicted octanol–water partition coefficient (Wildman–Crippen LogP) is 5.32. The molecule has 0 amide bonds. The molecule has 0 fully saturated rings. The van der Waals surface area contributed by atoms with Gasteiger partial charge in [0.2, 0.25) is 0 Å². The van der Waals surface area contributed by atoms with E-state index in [-0.39, 0.29) is 17.5 Å². The van der Waals surface area contributed by atoms with Gasteiger partial charge < -0.3 is 9.47 Å². The lowest BCUT2D eigenvalue weighted by Gasteiger charge is -2.27. The summed E-state index contributed by atoms with van der Waals surface area (Å²) >= 11 is 7.16. The summed E-state index contributed by atoms with van der Waals surface area (Å²) in [6, 6.07) is 12.8. The lowest BCUT2D eigenvalue weighted by atomic mass is 9.81. The summed E-state index contributed by atoms with van der Waals surface area (Å²) in [6.07, 6.45) is 4.38. The van der Waals surface area contributed by atoms with Crippen LogP contribution in [0.25, 0.3) is 5.69 Å². The van der Waals surface area contributed by atoms with Crippen molar-refractivity contribution in [2.75, 3.05) is 5.75 Å². The first kappa shape index (κ1) is 26.9. The van der Waals surface area contributed by atoms with Crippen LogP contribution in [0.3, 0.4) is 0 Å². The van der Waals surface area contributed by atoms with Crippen molar-refractivity contribution in [2.45, 2.75) is 52.9 Å². The highest BCUT2D eigenvalue weighted by atomic mass is 32.2. The number of aromatic nitrogens is 2. The van der Waals surface area contributed by atoms with E-state index in [1.165, 1.54) is 30.3 Å². The van der Waals surface area contributed by atoms with Crippen LogP contribution in [0.5, 0.6) is 11.5 Å². The number of hydrogen-bond acceptors (Lipinski definition) is 7. The van der Waals surface area contributed by atoms with Gasteiger partial charge in [0, 0.05) is 30.7 Å². The second-order valence-corrected chi connectivity index (χ2v) is 11.0. The fourth-order valence-corrected chi connectivity index (χ4v) is 6.16. The van der Waals surface area contributed by atoms with Crippen molar-refractivity contribution in [3.05, 3.63) is 75.2 Å². The second kappa shape index (κ2) is 11.9. The maximum atomic E-state index is 13.0. The zero-order valence-electron chi connectivity index (χ0n) is 21.2. The molecule has 0 saturated carbocycles. The summed E-state index contributed by atoms with van der Waals surface area (Å²) in [7, 11) is 0. The number of thioether (sulfide) groups is 1. The van der Waals surface area contributed by atoms with Gasteiger partial charge in [-0.3, -0.25) is 19.5 Å². The Morgan fingerprint density at radius 2 is 1.70 bits per heavy atom. The minimum Gasteiger partial charge on any atom is -0.426 e. The van der Waals surface area contributed by atoms with Crippen molar-refractivity contribution in [3.8, 4) is 17.2 Å². The molecule has 7 nitrogen and oxygen atoms in total. The molecule has 2 aromatic carbocycles. The first-order chi connectivity index (χ1) is 17.7. The molecule has 0 radical (unpaired) electrons. The van der Waals surface area contributed by atoms with E-state index in [1.807, 2.05) is 37.3 Å². The minimum absolute atomic E-state index is 0.133. The van der Waals surface area contributed by atoms with Crippen molar-refractivity contribution in [1.29, 1.82) is 0 Å². The molecular weight excluding hydrogens is 508 g/mol. The quantitative estimate of drug-likeness (QED) is 0.180. The Labute approximate surface area is 225 Å². The molecule has 1 heterocycles. The summed E-state index contributed by atoms with van der Waals surface area (Å²) < 4.78 is 13.0. The number of H-pyrrole nitrogens is 1. The predicted molar refractivity (Wildman–Crippen MR) is 149 cm³/mol. The van der Waals surface area contributed by atoms with Gasteiger partial charge in [-0.2, -0.15) is 0 Å². The number of para-hydroxylation sites is 1. The number of thiocarbonyl (C=S) groups is 1. The van der Waals surface area contributed by atoms with E-state index < -0.39 is 0 Å². The Bertz CT molecular complexity index is 1380. The van der Waals surface area contributed by atoms with Crippen molar-refractivity contribution < 1.29 is 19.1 Å². The molecule has 4 rings (SSSR count). The minimum atomic E-state index is -0.374. The highest BCUT2D eigenvalue weighted by Gasteiger charge is 2.26. The Morgan fingerprint density at radius 1 is 1.05 bits per heavy atom. The van der Waals surface area contributed by atoms with Crippen LogP contribution < -0.4 is 15.0 Å². The monoisotopic (exact) mass is 538 g/mol. The largest absolute Gasteiger partial charge is 0.426 e. The number of aromatic amines is 1. The Morgan fingerprint density at radius 3 is 2.35 bits per heavy atom. The van der Waals surface area contributed by atoms with E-state index in [0.717, 1.165) is 60.4 Å². The highest BCUT2D eigenvalue weighted by Crippen LogP contribution is 2.39. The third-order valence-electron chi connectivity index (χ3n) is 6.43. The van der Waals surface area contributed by atoms with Crippen LogP contribution in [0.1, 0.15) is 55.5 Å². The average Bonchev–Trinajstić information content (AvgIpc) is 3.17. The molecule has 1 unspecified atom stereocenters. The summed E-state index contributed by atoms with van der Waals surface area (Å²) in [6.45, 7) is 4.63. The Balaban J connectivity index is 1.37. The van der Waals surface area contributed by atoms with Crippen molar-refractivity contribution in [2.24, 2.45) is 5.92 Å². The van der Waals surface area contributed by atoms with Crippen LogP contribution in [0, 0.1) is 12.8 Å². The maximum absolute atomic E-state index is 13.0. The summed E-state index contributed by atoms with van der Waals surface area (Å²) in [5, 5.41) is 3.13. The van der Waals surface area contributed by atoms with E-state index in [2.05, 4.69) is 5.10 Å². The Kier molecular flexibility index (Phi) is 8.66. The molecule has 1 aliphatic rings. The van der Waals surface area contributed by atoms with Gasteiger partial charge in [0.15, 0.2) is 0 Å². The van der Waals surface area contributed by atoms with Gasteiger partial charge >= 0.3 is 11.9 Å². The number of fused-ring (bicyclic) bond motifs is 1. The zero-order valence-corrected chi connectivity index (χ0v) is 22.8. The average molecular weight is 539 g/mol. The van der Waals surface area contributed by atoms with Gasteiger partial charge in [0.05, 0.1) is 15.4 Å². The third-order valence-corrected chi connectivity index (χ3v) is 7.94. The van der Waals surface area contributed by atoms with Gasteiger partial charge in [0.25, 0.3) is 5.56 Å². The smallest absolute Gasteiger partial charge is 0.308 e. The zero-order chi connectivity index (χ0) is 26.5. The van der Waals surface area contributed by atoms with Gasteiger partial charge in [-0.25, -0.2) is 4.68 Å². The van der Waals surface area contributed by atoms with E-state index in [4.69, 9.17) is 21.7 Å². The molecular formula is C28H30N2O5S2. The van der Waals surface area contributed by atoms with Gasteiger partial charge in [-0.1, -0.05) is 30.4 Å². The standard InChI is InChI=1S/C28H30N2O5S2/c1-17-26(27(33)30(29-17)21-9-5-4-6-10-21)28(36)37-15-7-8-20-11-12-22-23(16-20)25(35-19(3)32)14-13-24(22)34-18(2)31/h4-6,9-10,13-14,20,29H,7-8,11-12,15-16H2,1-3H3. The first-order valence-electron chi connectivity index (χ1n) is 12.3. The summed E-state index contributed by atoms with van der Waals surface area (Å²) in [4.78, 5) is 36.1. The molecule has 0 aliphatic heterocycles. The van der Waals surface area contributed by atoms with Gasteiger partial charge in [-0.15, -0.1) is 11.8 Å². The number of aryl methyl sites for hydroxylation is 1. The molecule has 1 N–H and O–H groups in total. The van der Waals surface area contributed by atoms with Crippen molar-refractivity contribution in [1.82, 2.24) is 9.78 Å². The van der Waals surface area contributed by atoms with Gasteiger partial charge in [0.1, 0.15) is 11.5 Å². The number of hydrogen-bond donors (Lipinski definition) is 1. The normalized spacial score (nSPS) is 14.6. The number of esters is 2. The number of nitrogens with zero attached hydrogens (tertiary/aromatic N) is 1. The van der Waals surface area contributed by atoms with E-state index in [0.29, 0.717) is 27.2 Å². The van der Waals surface area contributed by atoms with Crippen LogP contribution in [0.4, 0.5) is 0 Å². The molecule has 1 aliphatic carbocycles. The molecule has 0 spiro atoms. The van der Waals surface area contributed by atoms with E-state index in [1.54, 1.807) is 12.1 Å². The number of ether oxygens (including phenoxy) is 2. The van der Waals surface area contributed by atoms with Crippen LogP contribution in [0.15, 0.2) is 47.3 Å². The highest BCUT2D eigenvalue weighted by molar-refractivity contribution is 8.23. The molecule has 37 heavy (non-hydrogen) atoms. The lowest BCUT2D eigenvalue weighted by Crippen LogP contribution is -2.19. The van der Waals surface area contributed by atoms with Crippen LogP contribution >= 0.6 is 24.0 Å². The summed E-state index contributed by atoms with van der Waals surface area (Å²) in [5.41, 5.74) is 3.84. The third kappa shape index (κ3) is 6.40. The summed E-state index contributed by atoms with van der Waals surface area (Å²) in [5.74, 6) is 1.55. The Hall–Kier alpha value is -3.17. The van der Waals surface area contributed by atoms with E-state index in [9.17, 15) is 14.4 Å². The number of nitrogens with one attached hydrogen (secondary N) is 1.